The highest BCUT2D eigenvalue weighted by Crippen LogP contribution is 2.47. The molecule has 5 nitrogen and oxygen atoms in total. The van der Waals surface area contributed by atoms with Crippen LogP contribution in [0.15, 0.2) is 22.6 Å². The lowest BCUT2D eigenvalue weighted by molar-refractivity contribution is -0.146. The van der Waals surface area contributed by atoms with Crippen molar-refractivity contribution in [3.63, 3.8) is 0 Å². The lowest BCUT2D eigenvalue weighted by Crippen LogP contribution is -2.51. The average Bonchev–Trinajstić information content (AvgIpc) is 2.99. The van der Waals surface area contributed by atoms with Crippen LogP contribution in [0.25, 0.3) is 6.08 Å². The Morgan fingerprint density at radius 2 is 2.19 bits per heavy atom. The second-order valence-electron chi connectivity index (χ2n) is 5.87. The third-order valence-electron chi connectivity index (χ3n) is 4.10. The summed E-state index contributed by atoms with van der Waals surface area (Å²) in [5.41, 5.74) is -1.25. The fourth-order valence-corrected chi connectivity index (χ4v) is 2.14. The number of hydrogen-bond donors (Lipinski definition) is 2. The highest BCUT2D eigenvalue weighted by atomic mass is 16.4. The van der Waals surface area contributed by atoms with E-state index in [0.717, 1.165) is 12.2 Å². The molecular weight excluding hydrogens is 270 g/mol. The number of hydrogen-bond acceptors (Lipinski definition) is 3. The molecule has 1 aromatic heterocycles. The maximum Gasteiger partial charge on any atom is 0.329 e. The van der Waals surface area contributed by atoms with Crippen molar-refractivity contribution in [1.82, 2.24) is 5.32 Å². The Morgan fingerprint density at radius 1 is 1.52 bits per heavy atom. The third-order valence-corrected chi connectivity index (χ3v) is 4.10. The van der Waals surface area contributed by atoms with E-state index in [1.54, 1.807) is 13.0 Å². The highest BCUT2D eigenvalue weighted by Gasteiger charge is 2.36. The van der Waals surface area contributed by atoms with Crippen molar-refractivity contribution in [3.8, 4) is 0 Å². The monoisotopic (exact) mass is 291 g/mol. The van der Waals surface area contributed by atoms with Crippen molar-refractivity contribution >= 4 is 18.0 Å². The summed E-state index contributed by atoms with van der Waals surface area (Å²) in [7, 11) is 0. The summed E-state index contributed by atoms with van der Waals surface area (Å²) in [5.74, 6) is 1.22. The fraction of sp³-hybridized carbons (Fsp3) is 0.500. The van der Waals surface area contributed by atoms with Gasteiger partial charge in [0.1, 0.15) is 17.1 Å². The number of furan rings is 1. The number of carbonyl (C=O) groups excluding carboxylic acids is 1. The van der Waals surface area contributed by atoms with Crippen molar-refractivity contribution in [1.29, 1.82) is 0 Å². The predicted molar refractivity (Wildman–Crippen MR) is 78.7 cm³/mol. The van der Waals surface area contributed by atoms with Crippen LogP contribution in [0.3, 0.4) is 0 Å². The smallest absolute Gasteiger partial charge is 0.329 e. The first-order valence-electron chi connectivity index (χ1n) is 7.19. The number of amides is 1. The van der Waals surface area contributed by atoms with Crippen LogP contribution in [-0.4, -0.2) is 22.5 Å². The summed E-state index contributed by atoms with van der Waals surface area (Å²) in [6.07, 6.45) is 4.32. The van der Waals surface area contributed by atoms with Gasteiger partial charge < -0.3 is 14.8 Å². The molecule has 21 heavy (non-hydrogen) atoms. The molecular formula is C16H21NO4. The van der Waals surface area contributed by atoms with Crippen LogP contribution in [0.1, 0.15) is 51.1 Å². The van der Waals surface area contributed by atoms with E-state index in [4.69, 9.17) is 9.52 Å². The van der Waals surface area contributed by atoms with E-state index in [-0.39, 0.29) is 0 Å². The zero-order chi connectivity index (χ0) is 15.6. The Labute approximate surface area is 124 Å². The first kappa shape index (κ1) is 15.4. The number of carboxylic acid groups (broad SMARTS) is 1. The first-order chi connectivity index (χ1) is 9.85. The molecule has 1 aliphatic rings. The molecule has 2 N–H and O–H groups in total. The minimum absolute atomic E-state index is 0.312. The molecule has 0 radical (unpaired) electrons. The maximum absolute atomic E-state index is 11.8. The second-order valence-corrected chi connectivity index (χ2v) is 5.87. The molecule has 1 fully saturated rings. The van der Waals surface area contributed by atoms with E-state index in [0.29, 0.717) is 24.0 Å². The van der Waals surface area contributed by atoms with Crippen LogP contribution in [0.5, 0.6) is 0 Å². The van der Waals surface area contributed by atoms with Gasteiger partial charge in [-0.3, -0.25) is 4.79 Å². The molecule has 5 heteroatoms. The largest absolute Gasteiger partial charge is 0.480 e. The van der Waals surface area contributed by atoms with E-state index in [9.17, 15) is 9.59 Å². The molecule has 2 rings (SSSR count). The molecule has 1 amide bonds. The van der Waals surface area contributed by atoms with Gasteiger partial charge in [-0.2, -0.15) is 0 Å². The molecule has 0 aromatic carbocycles. The molecule has 1 heterocycles. The molecule has 1 saturated carbocycles. The lowest BCUT2D eigenvalue weighted by atomic mass is 9.99. The van der Waals surface area contributed by atoms with E-state index < -0.39 is 17.4 Å². The van der Waals surface area contributed by atoms with Gasteiger partial charge in [-0.25, -0.2) is 4.79 Å². The van der Waals surface area contributed by atoms with Crippen LogP contribution in [0, 0.1) is 5.92 Å². The molecule has 1 aromatic rings. The molecule has 3 unspecified atom stereocenters. The van der Waals surface area contributed by atoms with Gasteiger partial charge in [-0.05, 0) is 43.9 Å². The van der Waals surface area contributed by atoms with Gasteiger partial charge in [0.2, 0.25) is 5.91 Å². The first-order valence-corrected chi connectivity index (χ1v) is 7.19. The molecule has 0 bridgehead atoms. The Kier molecular flexibility index (Phi) is 4.21. The summed E-state index contributed by atoms with van der Waals surface area (Å²) in [4.78, 5) is 22.9. The highest BCUT2D eigenvalue weighted by molar-refractivity contribution is 5.95. The van der Waals surface area contributed by atoms with Crippen LogP contribution < -0.4 is 5.32 Å². The SMILES string of the molecule is CCC(C)(NC(=O)C=Cc1ccc(C2CC2C)o1)C(=O)O. The number of rotatable bonds is 6. The lowest BCUT2D eigenvalue weighted by Gasteiger charge is -2.23. The molecule has 114 valence electrons. The van der Waals surface area contributed by atoms with Crippen molar-refractivity contribution in [2.45, 2.75) is 45.1 Å². The quantitative estimate of drug-likeness (QED) is 0.790. The average molecular weight is 291 g/mol. The summed E-state index contributed by atoms with van der Waals surface area (Å²) >= 11 is 0. The number of carbonyl (C=O) groups is 2. The zero-order valence-corrected chi connectivity index (χ0v) is 12.6. The summed E-state index contributed by atoms with van der Waals surface area (Å²) < 4.78 is 5.65. The van der Waals surface area contributed by atoms with Crippen LogP contribution in [-0.2, 0) is 9.59 Å². The van der Waals surface area contributed by atoms with Gasteiger partial charge in [-0.15, -0.1) is 0 Å². The molecule has 3 atom stereocenters. The summed E-state index contributed by atoms with van der Waals surface area (Å²) in [6.45, 7) is 5.38. The van der Waals surface area contributed by atoms with Gasteiger partial charge in [0, 0.05) is 12.0 Å². The predicted octanol–water partition coefficient (Wildman–Crippen LogP) is 2.79. The number of carboxylic acids is 1. The van der Waals surface area contributed by atoms with Gasteiger partial charge in [0.25, 0.3) is 0 Å². The van der Waals surface area contributed by atoms with Crippen molar-refractivity contribution in [2.75, 3.05) is 0 Å². The standard InChI is InChI=1S/C16H21NO4/c1-4-16(3,15(19)20)17-14(18)8-6-11-5-7-13(21-11)12-9-10(12)2/h5-8,10,12H,4,9H2,1-3H3,(H,17,18)(H,19,20). The third kappa shape index (κ3) is 3.54. The number of nitrogens with one attached hydrogen (secondary N) is 1. The van der Waals surface area contributed by atoms with Gasteiger partial charge in [0.15, 0.2) is 0 Å². The minimum Gasteiger partial charge on any atom is -0.480 e. The van der Waals surface area contributed by atoms with Gasteiger partial charge >= 0.3 is 5.97 Å². The van der Waals surface area contributed by atoms with Crippen molar-refractivity contribution in [3.05, 3.63) is 29.7 Å². The summed E-state index contributed by atoms with van der Waals surface area (Å²) in [6, 6.07) is 3.75. The molecule has 0 aliphatic heterocycles. The second kappa shape index (κ2) is 5.76. The fourth-order valence-electron chi connectivity index (χ4n) is 2.14. The van der Waals surface area contributed by atoms with Crippen LogP contribution in [0.2, 0.25) is 0 Å². The normalized spacial score (nSPS) is 23.8. The number of aliphatic carboxylic acids is 1. The van der Waals surface area contributed by atoms with E-state index in [2.05, 4.69) is 12.2 Å². The van der Waals surface area contributed by atoms with Gasteiger partial charge in [-0.1, -0.05) is 13.8 Å². The van der Waals surface area contributed by atoms with E-state index in [1.807, 2.05) is 12.1 Å². The molecule has 0 saturated heterocycles. The van der Waals surface area contributed by atoms with Crippen molar-refractivity contribution < 1.29 is 19.1 Å². The van der Waals surface area contributed by atoms with Crippen LogP contribution >= 0.6 is 0 Å². The topological polar surface area (TPSA) is 79.5 Å². The van der Waals surface area contributed by atoms with E-state index >= 15 is 0 Å². The minimum atomic E-state index is -1.25. The van der Waals surface area contributed by atoms with E-state index in [1.165, 1.54) is 13.0 Å². The molecule has 0 spiro atoms. The Bertz CT molecular complexity index is 575. The Balaban J connectivity index is 1.95. The summed E-state index contributed by atoms with van der Waals surface area (Å²) in [5, 5.41) is 11.6. The molecule has 1 aliphatic carbocycles. The van der Waals surface area contributed by atoms with Gasteiger partial charge in [0.05, 0.1) is 0 Å². The Hall–Kier alpha value is -2.04. The van der Waals surface area contributed by atoms with Crippen molar-refractivity contribution in [2.24, 2.45) is 5.92 Å². The zero-order valence-electron chi connectivity index (χ0n) is 12.6. The van der Waals surface area contributed by atoms with Crippen LogP contribution in [0.4, 0.5) is 0 Å². The Morgan fingerprint density at radius 3 is 2.71 bits per heavy atom. The maximum atomic E-state index is 11.8.